The van der Waals surface area contributed by atoms with Gasteiger partial charge in [0.25, 0.3) is 5.91 Å². The van der Waals surface area contributed by atoms with E-state index in [1.54, 1.807) is 11.3 Å². The molecule has 2 aliphatic rings. The Morgan fingerprint density at radius 3 is 2.88 bits per heavy atom. The molecule has 0 bridgehead atoms. The van der Waals surface area contributed by atoms with Crippen LogP contribution >= 0.6 is 23.1 Å². The average Bonchev–Trinajstić information content (AvgIpc) is 3.30. The number of nitrogens with zero attached hydrogens (tertiary/aromatic N) is 2. The van der Waals surface area contributed by atoms with Crippen LogP contribution < -0.4 is 0 Å². The summed E-state index contributed by atoms with van der Waals surface area (Å²) in [6, 6.07) is 0. The zero-order valence-electron chi connectivity index (χ0n) is 15.1. The van der Waals surface area contributed by atoms with Crippen molar-refractivity contribution >= 4 is 29.0 Å². The van der Waals surface area contributed by atoms with Gasteiger partial charge in [0.05, 0.1) is 15.3 Å². The van der Waals surface area contributed by atoms with Crippen LogP contribution in [0.5, 0.6) is 0 Å². The van der Waals surface area contributed by atoms with E-state index in [2.05, 4.69) is 25.9 Å². The van der Waals surface area contributed by atoms with E-state index in [4.69, 9.17) is 4.52 Å². The Balaban J connectivity index is 1.84. The molecule has 2 aromatic rings. The number of rotatable bonds is 4. The van der Waals surface area contributed by atoms with Gasteiger partial charge in [-0.15, -0.1) is 23.1 Å². The average molecular weight is 377 g/mol. The molecule has 0 aromatic carbocycles. The predicted octanol–water partition coefficient (Wildman–Crippen LogP) is 4.97. The highest BCUT2D eigenvalue weighted by Gasteiger charge is 2.40. The second-order valence-corrected chi connectivity index (χ2v) is 9.93. The van der Waals surface area contributed by atoms with Crippen LogP contribution in [0.1, 0.15) is 60.8 Å². The van der Waals surface area contributed by atoms with E-state index < -0.39 is 0 Å². The molecular formula is C19H24N2O2S2. The number of likely N-dealkylation sites (tertiary alicyclic amines) is 1. The highest BCUT2D eigenvalue weighted by molar-refractivity contribution is 8.01. The molecule has 25 heavy (non-hydrogen) atoms. The smallest absolute Gasteiger partial charge is 0.264 e. The third-order valence-corrected chi connectivity index (χ3v) is 7.84. The number of carbonyl (C=O) groups excluding carboxylic acids is 1. The number of thioether (sulfide) groups is 1. The fourth-order valence-electron chi connectivity index (χ4n) is 3.81. The lowest BCUT2D eigenvalue weighted by atomic mass is 9.73. The molecule has 1 saturated heterocycles. The Labute approximate surface area is 157 Å². The van der Waals surface area contributed by atoms with E-state index in [9.17, 15) is 4.79 Å². The summed E-state index contributed by atoms with van der Waals surface area (Å²) in [4.78, 5) is 16.1. The van der Waals surface area contributed by atoms with Gasteiger partial charge in [-0.1, -0.05) is 25.9 Å². The van der Waals surface area contributed by atoms with Crippen molar-refractivity contribution in [3.63, 3.8) is 0 Å². The molecule has 6 heteroatoms. The summed E-state index contributed by atoms with van der Waals surface area (Å²) in [6.45, 7) is 8.39. The monoisotopic (exact) mass is 376 g/mol. The summed E-state index contributed by atoms with van der Waals surface area (Å²) in [5.41, 5.74) is 3.42. The molecule has 3 heterocycles. The van der Waals surface area contributed by atoms with Crippen LogP contribution in [0.4, 0.5) is 0 Å². The van der Waals surface area contributed by atoms with Crippen LogP contribution in [0.2, 0.25) is 0 Å². The van der Waals surface area contributed by atoms with E-state index in [1.807, 2.05) is 22.9 Å². The van der Waals surface area contributed by atoms with Crippen LogP contribution in [0.3, 0.4) is 0 Å². The van der Waals surface area contributed by atoms with Crippen LogP contribution in [0, 0.1) is 0 Å². The fourth-order valence-corrected chi connectivity index (χ4v) is 6.32. The first-order valence-electron chi connectivity index (χ1n) is 9.06. The highest BCUT2D eigenvalue weighted by atomic mass is 32.2. The standard InChI is InChI=1S/C19H24N2O2S2/c1-4-9-24-18-14-12(10-19(2,3)13-11-20-23-15(13)14)16(25-18)17(22)21-7-5-6-8-21/h11H,4-10H2,1-3H3. The van der Waals surface area contributed by atoms with Gasteiger partial charge < -0.3 is 9.42 Å². The largest absolute Gasteiger partial charge is 0.356 e. The maximum atomic E-state index is 13.1. The molecule has 134 valence electrons. The zero-order chi connectivity index (χ0) is 17.6. The highest BCUT2D eigenvalue weighted by Crippen LogP contribution is 2.51. The van der Waals surface area contributed by atoms with Crippen molar-refractivity contribution in [3.8, 4) is 11.3 Å². The van der Waals surface area contributed by atoms with Gasteiger partial charge in [-0.25, -0.2) is 0 Å². The van der Waals surface area contributed by atoms with Gasteiger partial charge in [0.15, 0.2) is 5.76 Å². The Morgan fingerprint density at radius 1 is 1.40 bits per heavy atom. The number of carbonyl (C=O) groups is 1. The molecule has 1 aliphatic carbocycles. The summed E-state index contributed by atoms with van der Waals surface area (Å²) in [5, 5.41) is 4.08. The normalized spacial score (nSPS) is 18.3. The molecule has 1 fully saturated rings. The van der Waals surface area contributed by atoms with E-state index in [0.29, 0.717) is 0 Å². The second-order valence-electron chi connectivity index (χ2n) is 7.55. The number of hydrogen-bond acceptors (Lipinski definition) is 5. The first-order chi connectivity index (χ1) is 12.0. The number of fused-ring (bicyclic) bond motifs is 3. The minimum Gasteiger partial charge on any atom is -0.356 e. The van der Waals surface area contributed by atoms with Gasteiger partial charge in [0.1, 0.15) is 0 Å². The lowest BCUT2D eigenvalue weighted by molar-refractivity contribution is 0.0796. The van der Waals surface area contributed by atoms with Gasteiger partial charge in [0.2, 0.25) is 0 Å². The molecule has 0 radical (unpaired) electrons. The fraction of sp³-hybridized carbons (Fsp3) is 0.579. The SMILES string of the molecule is CCCSc1sc(C(=O)N2CCCC2)c2c1-c1oncc1C(C)(C)C2. The predicted molar refractivity (Wildman–Crippen MR) is 103 cm³/mol. The maximum Gasteiger partial charge on any atom is 0.264 e. The molecule has 0 N–H and O–H groups in total. The van der Waals surface area contributed by atoms with Gasteiger partial charge in [-0.05, 0) is 42.4 Å². The summed E-state index contributed by atoms with van der Waals surface area (Å²) in [6.07, 6.45) is 6.07. The van der Waals surface area contributed by atoms with Gasteiger partial charge in [-0.3, -0.25) is 4.79 Å². The van der Waals surface area contributed by atoms with Crippen molar-refractivity contribution in [2.24, 2.45) is 0 Å². The topological polar surface area (TPSA) is 46.3 Å². The third-order valence-electron chi connectivity index (χ3n) is 5.14. The van der Waals surface area contributed by atoms with E-state index in [-0.39, 0.29) is 11.3 Å². The zero-order valence-corrected chi connectivity index (χ0v) is 16.7. The number of thiophene rings is 1. The van der Waals surface area contributed by atoms with Gasteiger partial charge >= 0.3 is 0 Å². The van der Waals surface area contributed by atoms with Crippen molar-refractivity contribution in [2.45, 2.75) is 56.1 Å². The number of aromatic nitrogens is 1. The summed E-state index contributed by atoms with van der Waals surface area (Å²) in [5.74, 6) is 2.14. The molecule has 0 saturated carbocycles. The first-order valence-corrected chi connectivity index (χ1v) is 10.9. The Hall–Kier alpha value is -1.27. The van der Waals surface area contributed by atoms with Crippen molar-refractivity contribution in [3.05, 3.63) is 22.2 Å². The molecular weight excluding hydrogens is 352 g/mol. The minimum atomic E-state index is -0.0594. The lowest BCUT2D eigenvalue weighted by Gasteiger charge is -2.29. The molecule has 0 atom stereocenters. The summed E-state index contributed by atoms with van der Waals surface area (Å²) >= 11 is 3.50. The number of amides is 1. The van der Waals surface area contributed by atoms with Crippen molar-refractivity contribution in [1.29, 1.82) is 0 Å². The molecule has 1 amide bonds. The van der Waals surface area contributed by atoms with Crippen molar-refractivity contribution in [2.75, 3.05) is 18.8 Å². The molecule has 4 nitrogen and oxygen atoms in total. The molecule has 2 aromatic heterocycles. The van der Waals surface area contributed by atoms with Crippen molar-refractivity contribution < 1.29 is 9.32 Å². The summed E-state index contributed by atoms with van der Waals surface area (Å²) in [7, 11) is 0. The van der Waals surface area contributed by atoms with Crippen LogP contribution in [-0.2, 0) is 11.8 Å². The summed E-state index contributed by atoms with van der Waals surface area (Å²) < 4.78 is 6.89. The second kappa shape index (κ2) is 6.47. The molecule has 1 aliphatic heterocycles. The maximum absolute atomic E-state index is 13.1. The minimum absolute atomic E-state index is 0.0594. The Bertz CT molecular complexity index is 800. The number of hydrogen-bond donors (Lipinski definition) is 0. The Morgan fingerprint density at radius 2 is 2.16 bits per heavy atom. The van der Waals surface area contributed by atoms with E-state index in [1.165, 1.54) is 9.77 Å². The Kier molecular flexibility index (Phi) is 4.44. The third kappa shape index (κ3) is 2.83. The van der Waals surface area contributed by atoms with Gasteiger partial charge in [-0.2, -0.15) is 0 Å². The van der Waals surface area contributed by atoms with Crippen LogP contribution in [0.15, 0.2) is 14.9 Å². The van der Waals surface area contributed by atoms with Crippen molar-refractivity contribution in [1.82, 2.24) is 10.1 Å². The molecule has 0 unspecified atom stereocenters. The first kappa shape index (κ1) is 17.2. The van der Waals surface area contributed by atoms with Gasteiger partial charge in [0, 0.05) is 24.2 Å². The van der Waals surface area contributed by atoms with E-state index >= 15 is 0 Å². The van der Waals surface area contributed by atoms with Crippen LogP contribution in [0.25, 0.3) is 11.3 Å². The quantitative estimate of drug-likeness (QED) is 0.707. The molecule has 4 rings (SSSR count). The van der Waals surface area contributed by atoms with Crippen LogP contribution in [-0.4, -0.2) is 34.8 Å². The molecule has 0 spiro atoms. The van der Waals surface area contributed by atoms with E-state index in [0.717, 1.165) is 66.3 Å². The lowest BCUT2D eigenvalue weighted by Crippen LogP contribution is -2.30.